The lowest BCUT2D eigenvalue weighted by Gasteiger charge is -2.31. The van der Waals surface area contributed by atoms with E-state index in [-0.39, 0.29) is 5.97 Å². The highest BCUT2D eigenvalue weighted by molar-refractivity contribution is 5.74. The molecule has 21 heavy (non-hydrogen) atoms. The molecule has 1 aliphatic heterocycles. The number of ether oxygens (including phenoxy) is 4. The van der Waals surface area contributed by atoms with E-state index in [4.69, 9.17) is 18.9 Å². The smallest absolute Gasteiger partial charge is 0.336 e. The van der Waals surface area contributed by atoms with Gasteiger partial charge in [-0.25, -0.2) is 4.79 Å². The van der Waals surface area contributed by atoms with Gasteiger partial charge in [0.25, 0.3) is 0 Å². The van der Waals surface area contributed by atoms with Crippen LogP contribution in [0.4, 0.5) is 0 Å². The van der Waals surface area contributed by atoms with Gasteiger partial charge in [-0.15, -0.1) is 0 Å². The minimum atomic E-state index is -0.496. The molecular formula is C15H21NO5. The molecule has 2 rings (SSSR count). The van der Waals surface area contributed by atoms with Crippen molar-refractivity contribution in [2.24, 2.45) is 0 Å². The van der Waals surface area contributed by atoms with Gasteiger partial charge in [-0.3, -0.25) is 4.90 Å². The summed E-state index contributed by atoms with van der Waals surface area (Å²) in [6.07, 6.45) is -0.496. The Kier molecular flexibility index (Phi) is 5.83. The SMILES string of the molecule is COC(=O)C1CN(CCOc2ccc(OC)cc2)CCO1. The Morgan fingerprint density at radius 1 is 1.29 bits per heavy atom. The number of esters is 1. The first-order valence-electron chi connectivity index (χ1n) is 6.91. The standard InChI is InChI=1S/C15H21NO5/c1-18-12-3-5-13(6-4-12)20-9-7-16-8-10-21-14(11-16)15(17)19-2/h3-6,14H,7-11H2,1-2H3. The largest absolute Gasteiger partial charge is 0.497 e. The number of benzene rings is 1. The number of nitrogens with zero attached hydrogens (tertiary/aromatic N) is 1. The Labute approximate surface area is 124 Å². The Hall–Kier alpha value is -1.79. The molecule has 0 bridgehead atoms. The quantitative estimate of drug-likeness (QED) is 0.728. The summed E-state index contributed by atoms with van der Waals surface area (Å²) in [5.74, 6) is 1.28. The molecule has 0 aromatic heterocycles. The second-order valence-corrected chi connectivity index (χ2v) is 4.71. The lowest BCUT2D eigenvalue weighted by Crippen LogP contribution is -2.47. The van der Waals surface area contributed by atoms with E-state index in [0.717, 1.165) is 24.6 Å². The first kappa shape index (κ1) is 15.6. The van der Waals surface area contributed by atoms with E-state index in [0.29, 0.717) is 19.8 Å². The molecule has 0 spiro atoms. The van der Waals surface area contributed by atoms with Crippen LogP contribution in [-0.4, -0.2) is 64.0 Å². The fraction of sp³-hybridized carbons (Fsp3) is 0.533. The molecule has 0 amide bonds. The van der Waals surface area contributed by atoms with Gasteiger partial charge in [0.2, 0.25) is 0 Å². The first-order valence-corrected chi connectivity index (χ1v) is 6.91. The zero-order valence-electron chi connectivity index (χ0n) is 12.4. The van der Waals surface area contributed by atoms with Gasteiger partial charge in [0, 0.05) is 19.6 Å². The van der Waals surface area contributed by atoms with Gasteiger partial charge in [-0.2, -0.15) is 0 Å². The highest BCUT2D eigenvalue weighted by Crippen LogP contribution is 2.17. The van der Waals surface area contributed by atoms with Crippen molar-refractivity contribution in [2.75, 3.05) is 47.1 Å². The van der Waals surface area contributed by atoms with E-state index in [1.165, 1.54) is 7.11 Å². The minimum Gasteiger partial charge on any atom is -0.497 e. The Morgan fingerprint density at radius 2 is 2.00 bits per heavy atom. The van der Waals surface area contributed by atoms with Crippen LogP contribution < -0.4 is 9.47 Å². The van der Waals surface area contributed by atoms with Crippen LogP contribution in [-0.2, 0) is 14.3 Å². The molecule has 1 aliphatic rings. The predicted octanol–water partition coefficient (Wildman–Crippen LogP) is 0.948. The minimum absolute atomic E-state index is 0.323. The van der Waals surface area contributed by atoms with Gasteiger partial charge in [-0.05, 0) is 24.3 Å². The highest BCUT2D eigenvalue weighted by atomic mass is 16.6. The first-order chi connectivity index (χ1) is 10.2. The van der Waals surface area contributed by atoms with E-state index in [2.05, 4.69) is 4.90 Å². The Balaban J connectivity index is 1.73. The Morgan fingerprint density at radius 3 is 2.67 bits per heavy atom. The molecule has 1 unspecified atom stereocenters. The van der Waals surface area contributed by atoms with Gasteiger partial charge >= 0.3 is 5.97 Å². The summed E-state index contributed by atoms with van der Waals surface area (Å²) in [4.78, 5) is 13.6. The van der Waals surface area contributed by atoms with Crippen LogP contribution in [0.2, 0.25) is 0 Å². The summed E-state index contributed by atoms with van der Waals surface area (Å²) >= 11 is 0. The number of carbonyl (C=O) groups is 1. The molecule has 1 aromatic carbocycles. The molecule has 1 saturated heterocycles. The van der Waals surface area contributed by atoms with Crippen molar-refractivity contribution in [2.45, 2.75) is 6.10 Å². The third kappa shape index (κ3) is 4.61. The van der Waals surface area contributed by atoms with E-state index in [1.807, 2.05) is 24.3 Å². The fourth-order valence-electron chi connectivity index (χ4n) is 2.14. The van der Waals surface area contributed by atoms with Gasteiger partial charge in [0.05, 0.1) is 20.8 Å². The van der Waals surface area contributed by atoms with E-state index >= 15 is 0 Å². The number of hydrogen-bond acceptors (Lipinski definition) is 6. The van der Waals surface area contributed by atoms with E-state index < -0.39 is 6.10 Å². The Bertz CT molecular complexity index is 448. The second-order valence-electron chi connectivity index (χ2n) is 4.71. The molecular weight excluding hydrogens is 274 g/mol. The van der Waals surface area contributed by atoms with Gasteiger partial charge in [0.1, 0.15) is 18.1 Å². The third-order valence-corrected chi connectivity index (χ3v) is 3.35. The fourth-order valence-corrected chi connectivity index (χ4v) is 2.14. The van der Waals surface area contributed by atoms with Gasteiger partial charge in [0.15, 0.2) is 6.10 Å². The van der Waals surface area contributed by atoms with Crippen molar-refractivity contribution in [1.82, 2.24) is 4.90 Å². The maximum Gasteiger partial charge on any atom is 0.336 e. The lowest BCUT2D eigenvalue weighted by molar-refractivity contribution is -0.159. The van der Waals surface area contributed by atoms with Crippen LogP contribution in [0.25, 0.3) is 0 Å². The van der Waals surface area contributed by atoms with E-state index in [9.17, 15) is 4.79 Å². The van der Waals surface area contributed by atoms with Crippen LogP contribution in [0.1, 0.15) is 0 Å². The summed E-state index contributed by atoms with van der Waals surface area (Å²) in [5, 5.41) is 0. The van der Waals surface area contributed by atoms with Crippen LogP contribution >= 0.6 is 0 Å². The summed E-state index contributed by atoms with van der Waals surface area (Å²) in [7, 11) is 3.00. The molecule has 6 heteroatoms. The number of rotatable bonds is 6. The molecule has 1 aromatic rings. The summed E-state index contributed by atoms with van der Waals surface area (Å²) < 4.78 is 20.8. The summed E-state index contributed by atoms with van der Waals surface area (Å²) in [5.41, 5.74) is 0. The average molecular weight is 295 g/mol. The van der Waals surface area contributed by atoms with Crippen LogP contribution in [0, 0.1) is 0 Å². The molecule has 0 saturated carbocycles. The normalized spacial score (nSPS) is 19.0. The second kappa shape index (κ2) is 7.85. The average Bonchev–Trinajstić information content (AvgIpc) is 2.55. The molecule has 6 nitrogen and oxygen atoms in total. The van der Waals surface area contributed by atoms with Gasteiger partial charge in [-0.1, -0.05) is 0 Å². The van der Waals surface area contributed by atoms with Crippen molar-refractivity contribution >= 4 is 5.97 Å². The summed E-state index contributed by atoms with van der Waals surface area (Å²) in [6.45, 7) is 3.16. The van der Waals surface area contributed by atoms with Crippen molar-refractivity contribution in [3.63, 3.8) is 0 Å². The van der Waals surface area contributed by atoms with Crippen LogP contribution in [0.5, 0.6) is 11.5 Å². The van der Waals surface area contributed by atoms with Crippen LogP contribution in [0.3, 0.4) is 0 Å². The zero-order valence-corrected chi connectivity index (χ0v) is 12.4. The molecule has 0 radical (unpaired) electrons. The zero-order chi connectivity index (χ0) is 15.1. The number of methoxy groups -OCH3 is 2. The maximum atomic E-state index is 11.5. The van der Waals surface area contributed by atoms with Crippen molar-refractivity contribution in [3.8, 4) is 11.5 Å². The monoisotopic (exact) mass is 295 g/mol. The number of carbonyl (C=O) groups excluding carboxylic acids is 1. The summed E-state index contributed by atoms with van der Waals surface area (Å²) in [6, 6.07) is 7.46. The number of hydrogen-bond donors (Lipinski definition) is 0. The lowest BCUT2D eigenvalue weighted by atomic mass is 10.2. The van der Waals surface area contributed by atoms with Gasteiger partial charge < -0.3 is 18.9 Å². The molecule has 1 heterocycles. The molecule has 0 N–H and O–H groups in total. The van der Waals surface area contributed by atoms with E-state index in [1.54, 1.807) is 7.11 Å². The molecule has 0 aliphatic carbocycles. The van der Waals surface area contributed by atoms with Crippen molar-refractivity contribution in [3.05, 3.63) is 24.3 Å². The van der Waals surface area contributed by atoms with Crippen LogP contribution in [0.15, 0.2) is 24.3 Å². The molecule has 1 fully saturated rings. The highest BCUT2D eigenvalue weighted by Gasteiger charge is 2.26. The van der Waals surface area contributed by atoms with Crippen molar-refractivity contribution < 1.29 is 23.7 Å². The van der Waals surface area contributed by atoms with Crippen molar-refractivity contribution in [1.29, 1.82) is 0 Å². The third-order valence-electron chi connectivity index (χ3n) is 3.35. The molecule has 1 atom stereocenters. The topological polar surface area (TPSA) is 57.2 Å². The molecule has 116 valence electrons. The number of morpholine rings is 1. The predicted molar refractivity (Wildman–Crippen MR) is 76.7 cm³/mol. The maximum absolute atomic E-state index is 11.5.